The fraction of sp³-hybridized carbons (Fsp3) is 0.0435. The summed E-state index contributed by atoms with van der Waals surface area (Å²) < 4.78 is 4.17. The van der Waals surface area contributed by atoms with Gasteiger partial charge in [0.15, 0.2) is 30.4 Å². The molecule has 140 valence electrons. The van der Waals surface area contributed by atoms with Gasteiger partial charge >= 0.3 is 0 Å². The number of nitrogens with zero attached hydrogens (tertiary/aromatic N) is 5. The zero-order valence-electron chi connectivity index (χ0n) is 15.7. The van der Waals surface area contributed by atoms with E-state index >= 15 is 0 Å². The van der Waals surface area contributed by atoms with Crippen molar-refractivity contribution in [3.8, 4) is 17.1 Å². The summed E-state index contributed by atoms with van der Waals surface area (Å²) in [6, 6.07) is 22.1. The van der Waals surface area contributed by atoms with Crippen LogP contribution in [0, 0.1) is 0 Å². The molecular weight excluding hydrogens is 360 g/mol. The quantitative estimate of drug-likeness (QED) is 0.486. The number of hydrogen-bond acceptors (Lipinski definition) is 4. The second-order valence-corrected chi connectivity index (χ2v) is 6.77. The van der Waals surface area contributed by atoms with Crippen LogP contribution in [0.2, 0.25) is 0 Å². The molecule has 0 aliphatic carbocycles. The first-order valence-corrected chi connectivity index (χ1v) is 9.37. The van der Waals surface area contributed by atoms with Gasteiger partial charge in [0.2, 0.25) is 0 Å². The second kappa shape index (κ2) is 7.16. The van der Waals surface area contributed by atoms with Crippen LogP contribution >= 0.6 is 0 Å². The molecule has 0 unspecified atom stereocenters. The molecule has 0 radical (unpaired) electrons. The fourth-order valence-electron chi connectivity index (χ4n) is 3.45. The van der Waals surface area contributed by atoms with Crippen LogP contribution in [0.15, 0.2) is 91.5 Å². The maximum absolute atomic E-state index is 6.14. The zero-order chi connectivity index (χ0) is 19.6. The van der Waals surface area contributed by atoms with Gasteiger partial charge in [-0.2, -0.15) is 0 Å². The predicted octanol–water partition coefficient (Wildman–Crippen LogP) is 3.40. The van der Waals surface area contributed by atoms with Gasteiger partial charge in [-0.1, -0.05) is 18.2 Å². The minimum Gasteiger partial charge on any atom is -0.383 e. The van der Waals surface area contributed by atoms with Gasteiger partial charge in [-0.3, -0.25) is 4.57 Å². The molecule has 4 heterocycles. The Kier molecular flexibility index (Phi) is 4.22. The molecule has 5 aromatic rings. The number of fused-ring (bicyclic) bond motifs is 1. The van der Waals surface area contributed by atoms with E-state index in [9.17, 15) is 0 Å². The van der Waals surface area contributed by atoms with Crippen molar-refractivity contribution in [2.24, 2.45) is 0 Å². The summed E-state index contributed by atoms with van der Waals surface area (Å²) >= 11 is 0. The van der Waals surface area contributed by atoms with Crippen LogP contribution in [0.25, 0.3) is 28.2 Å². The zero-order valence-corrected chi connectivity index (χ0v) is 15.7. The SMILES string of the molecule is Nc1ncccc1-c1nc2cccnc2n1-c1ccc(C[n+]2ccccc2)cc1. The van der Waals surface area contributed by atoms with E-state index < -0.39 is 0 Å². The Bertz CT molecular complexity index is 1280. The normalized spacial score (nSPS) is 11.0. The van der Waals surface area contributed by atoms with Gasteiger partial charge in [0.1, 0.15) is 11.3 Å². The lowest BCUT2D eigenvalue weighted by atomic mass is 10.2. The molecule has 0 spiro atoms. The van der Waals surface area contributed by atoms with Crippen LogP contribution in [0.5, 0.6) is 0 Å². The van der Waals surface area contributed by atoms with Crippen molar-refractivity contribution < 1.29 is 4.57 Å². The molecular formula is C23H19N6+. The first-order chi connectivity index (χ1) is 14.3. The third-order valence-corrected chi connectivity index (χ3v) is 4.83. The Balaban J connectivity index is 1.61. The molecule has 0 saturated carbocycles. The molecule has 4 aromatic heterocycles. The maximum atomic E-state index is 6.14. The summed E-state index contributed by atoms with van der Waals surface area (Å²) in [5.74, 6) is 1.18. The van der Waals surface area contributed by atoms with Gasteiger partial charge in [0.05, 0.1) is 5.56 Å². The molecule has 5 rings (SSSR count). The second-order valence-electron chi connectivity index (χ2n) is 6.77. The summed E-state index contributed by atoms with van der Waals surface area (Å²) in [4.78, 5) is 13.6. The van der Waals surface area contributed by atoms with Crippen molar-refractivity contribution >= 4 is 17.0 Å². The highest BCUT2D eigenvalue weighted by Gasteiger charge is 2.17. The van der Waals surface area contributed by atoms with Crippen LogP contribution in [-0.2, 0) is 6.54 Å². The van der Waals surface area contributed by atoms with E-state index in [1.807, 2.05) is 47.0 Å². The molecule has 0 saturated heterocycles. The van der Waals surface area contributed by atoms with Crippen molar-refractivity contribution in [3.63, 3.8) is 0 Å². The molecule has 1 aromatic carbocycles. The van der Waals surface area contributed by atoms with Gasteiger partial charge in [0.25, 0.3) is 0 Å². The van der Waals surface area contributed by atoms with Crippen LogP contribution in [0.3, 0.4) is 0 Å². The van der Waals surface area contributed by atoms with Crippen molar-refractivity contribution in [2.45, 2.75) is 6.54 Å². The topological polar surface area (TPSA) is 73.5 Å². The first kappa shape index (κ1) is 17.1. The van der Waals surface area contributed by atoms with Crippen molar-refractivity contribution in [1.82, 2.24) is 19.5 Å². The van der Waals surface area contributed by atoms with Gasteiger partial charge in [-0.15, -0.1) is 0 Å². The van der Waals surface area contributed by atoms with Crippen LogP contribution in [0.1, 0.15) is 5.56 Å². The molecule has 0 amide bonds. The van der Waals surface area contributed by atoms with Gasteiger partial charge in [0, 0.05) is 35.8 Å². The van der Waals surface area contributed by atoms with E-state index in [0.29, 0.717) is 5.82 Å². The minimum atomic E-state index is 0.446. The van der Waals surface area contributed by atoms with E-state index in [4.69, 9.17) is 10.7 Å². The molecule has 0 bridgehead atoms. The van der Waals surface area contributed by atoms with Crippen molar-refractivity contribution in [2.75, 3.05) is 5.73 Å². The Morgan fingerprint density at radius 1 is 0.828 bits per heavy atom. The number of nitrogen functional groups attached to an aromatic ring is 1. The molecule has 0 aliphatic rings. The van der Waals surface area contributed by atoms with Crippen molar-refractivity contribution in [3.05, 3.63) is 97.1 Å². The molecule has 6 nitrogen and oxygen atoms in total. The minimum absolute atomic E-state index is 0.446. The van der Waals surface area contributed by atoms with E-state index in [0.717, 1.165) is 34.8 Å². The number of rotatable bonds is 4. The Morgan fingerprint density at radius 2 is 1.59 bits per heavy atom. The molecule has 2 N–H and O–H groups in total. The largest absolute Gasteiger partial charge is 0.383 e. The number of nitrogens with two attached hydrogens (primary N) is 1. The van der Waals surface area contributed by atoms with Gasteiger partial charge < -0.3 is 5.73 Å². The summed E-state index contributed by atoms with van der Waals surface area (Å²) in [6.45, 7) is 0.812. The van der Waals surface area contributed by atoms with Crippen LogP contribution in [0.4, 0.5) is 5.82 Å². The number of imidazole rings is 1. The Labute approximate surface area is 167 Å². The maximum Gasteiger partial charge on any atom is 0.173 e. The molecule has 0 fully saturated rings. The number of pyridine rings is 3. The third-order valence-electron chi connectivity index (χ3n) is 4.83. The van der Waals surface area contributed by atoms with Crippen LogP contribution in [-0.4, -0.2) is 19.5 Å². The lowest BCUT2D eigenvalue weighted by molar-refractivity contribution is -0.688. The summed E-state index contributed by atoms with van der Waals surface area (Å²) in [7, 11) is 0. The number of anilines is 1. The highest BCUT2D eigenvalue weighted by Crippen LogP contribution is 2.29. The summed E-state index contributed by atoms with van der Waals surface area (Å²) in [5.41, 5.74) is 10.7. The summed E-state index contributed by atoms with van der Waals surface area (Å²) in [5, 5.41) is 0. The third kappa shape index (κ3) is 3.21. The Hall–Kier alpha value is -4.06. The van der Waals surface area contributed by atoms with Crippen LogP contribution < -0.4 is 10.3 Å². The molecule has 29 heavy (non-hydrogen) atoms. The number of hydrogen-bond donors (Lipinski definition) is 1. The lowest BCUT2D eigenvalue weighted by Crippen LogP contribution is -2.32. The number of aromatic nitrogens is 5. The van der Waals surface area contributed by atoms with E-state index in [-0.39, 0.29) is 0 Å². The van der Waals surface area contributed by atoms with Crippen molar-refractivity contribution in [1.29, 1.82) is 0 Å². The predicted molar refractivity (Wildman–Crippen MR) is 112 cm³/mol. The average Bonchev–Trinajstić information content (AvgIpc) is 3.15. The summed E-state index contributed by atoms with van der Waals surface area (Å²) in [6.07, 6.45) is 7.58. The first-order valence-electron chi connectivity index (χ1n) is 9.37. The fourth-order valence-corrected chi connectivity index (χ4v) is 3.45. The smallest absolute Gasteiger partial charge is 0.173 e. The molecule has 0 aliphatic heterocycles. The molecule has 0 atom stereocenters. The standard InChI is InChI=1S/C23H19N6/c24-21-19(6-4-12-25-21)22-27-20-7-5-13-26-23(20)29(22)18-10-8-17(9-11-18)16-28-14-2-1-3-15-28/h1-15H,16H2,(H2,24,25)/q+1. The highest BCUT2D eigenvalue weighted by molar-refractivity contribution is 5.82. The lowest BCUT2D eigenvalue weighted by Gasteiger charge is -2.10. The highest BCUT2D eigenvalue weighted by atomic mass is 15.1. The van der Waals surface area contributed by atoms with E-state index in [1.165, 1.54) is 5.56 Å². The van der Waals surface area contributed by atoms with Gasteiger partial charge in [-0.05, 0) is 36.4 Å². The van der Waals surface area contributed by atoms with Gasteiger partial charge in [-0.25, -0.2) is 19.5 Å². The number of benzene rings is 1. The van der Waals surface area contributed by atoms with E-state index in [1.54, 1.807) is 12.4 Å². The molecule has 6 heteroatoms. The average molecular weight is 379 g/mol. The monoisotopic (exact) mass is 379 g/mol. The Morgan fingerprint density at radius 3 is 2.38 bits per heavy atom. The van der Waals surface area contributed by atoms with E-state index in [2.05, 4.69) is 51.2 Å².